The normalized spacial score (nSPS) is 22.9. The van der Waals surface area contributed by atoms with Gasteiger partial charge in [0.15, 0.2) is 0 Å². The lowest BCUT2D eigenvalue weighted by Crippen LogP contribution is -2.43. The van der Waals surface area contributed by atoms with Crippen molar-refractivity contribution in [2.75, 3.05) is 19.6 Å². The van der Waals surface area contributed by atoms with Crippen LogP contribution in [-0.4, -0.2) is 47.3 Å². The van der Waals surface area contributed by atoms with Gasteiger partial charge in [0.2, 0.25) is 11.8 Å². The molecule has 0 spiro atoms. The maximum atomic E-state index is 12.5. The molecule has 2 aliphatic heterocycles. The summed E-state index contributed by atoms with van der Waals surface area (Å²) in [7, 11) is 0. The predicted molar refractivity (Wildman–Crippen MR) is 83.9 cm³/mol. The summed E-state index contributed by atoms with van der Waals surface area (Å²) in [5.41, 5.74) is 0. The van der Waals surface area contributed by atoms with Gasteiger partial charge in [-0.05, 0) is 25.2 Å². The molecule has 0 aromatic carbocycles. The van der Waals surface area contributed by atoms with Crippen molar-refractivity contribution < 1.29 is 9.59 Å². The van der Waals surface area contributed by atoms with Gasteiger partial charge in [-0.2, -0.15) is 0 Å². The van der Waals surface area contributed by atoms with Crippen LogP contribution >= 0.6 is 0 Å². The molecule has 0 aromatic rings. The first-order valence-electron chi connectivity index (χ1n) is 8.68. The third kappa shape index (κ3) is 4.45. The minimum absolute atomic E-state index is 0.152. The predicted octanol–water partition coefficient (Wildman–Crippen LogP) is 2.82. The maximum Gasteiger partial charge on any atom is 0.245 e. The second-order valence-electron chi connectivity index (χ2n) is 6.92. The zero-order chi connectivity index (χ0) is 15.2. The molecule has 0 bridgehead atoms. The average molecular weight is 294 g/mol. The van der Waals surface area contributed by atoms with E-state index in [-0.39, 0.29) is 17.9 Å². The summed E-state index contributed by atoms with van der Waals surface area (Å²) in [6, 6.07) is -0.152. The molecule has 2 aliphatic rings. The van der Waals surface area contributed by atoms with E-state index in [9.17, 15) is 9.59 Å². The van der Waals surface area contributed by atoms with Gasteiger partial charge in [-0.25, -0.2) is 0 Å². The molecule has 1 atom stereocenters. The fourth-order valence-corrected chi connectivity index (χ4v) is 3.45. The number of carbonyl (C=O) groups is 2. The first kappa shape index (κ1) is 16.3. The molecule has 1 unspecified atom stereocenters. The molecule has 2 amide bonds. The highest BCUT2D eigenvalue weighted by Gasteiger charge is 2.38. The lowest BCUT2D eigenvalue weighted by Gasteiger charge is -2.25. The summed E-state index contributed by atoms with van der Waals surface area (Å²) in [5, 5.41) is 0. The van der Waals surface area contributed by atoms with Gasteiger partial charge >= 0.3 is 0 Å². The van der Waals surface area contributed by atoms with Crippen molar-refractivity contribution in [2.45, 2.75) is 71.3 Å². The summed E-state index contributed by atoms with van der Waals surface area (Å²) in [6.45, 7) is 6.76. The van der Waals surface area contributed by atoms with Gasteiger partial charge < -0.3 is 9.80 Å². The molecule has 4 nitrogen and oxygen atoms in total. The van der Waals surface area contributed by atoms with E-state index < -0.39 is 0 Å². The zero-order valence-electron chi connectivity index (χ0n) is 13.6. The van der Waals surface area contributed by atoms with Gasteiger partial charge in [0.1, 0.15) is 6.04 Å². The van der Waals surface area contributed by atoms with E-state index in [1.54, 1.807) is 0 Å². The van der Waals surface area contributed by atoms with E-state index in [0.29, 0.717) is 13.0 Å². The van der Waals surface area contributed by atoms with E-state index in [4.69, 9.17) is 0 Å². The maximum absolute atomic E-state index is 12.5. The number of amides is 2. The van der Waals surface area contributed by atoms with Crippen LogP contribution in [-0.2, 0) is 9.59 Å². The molecule has 2 fully saturated rings. The number of unbranched alkanes of at least 4 members (excludes halogenated alkanes) is 3. The highest BCUT2D eigenvalue weighted by molar-refractivity contribution is 5.90. The van der Waals surface area contributed by atoms with Crippen LogP contribution in [0.15, 0.2) is 0 Å². The number of nitrogens with zero attached hydrogens (tertiary/aromatic N) is 2. The number of rotatable bonds is 7. The Morgan fingerprint density at radius 3 is 2.62 bits per heavy atom. The summed E-state index contributed by atoms with van der Waals surface area (Å²) in [5.74, 6) is 1.15. The highest BCUT2D eigenvalue weighted by Crippen LogP contribution is 2.23. The molecule has 0 radical (unpaired) electrons. The van der Waals surface area contributed by atoms with E-state index in [0.717, 1.165) is 38.3 Å². The fraction of sp³-hybridized carbons (Fsp3) is 0.882. The highest BCUT2D eigenvalue weighted by atomic mass is 16.2. The second-order valence-corrected chi connectivity index (χ2v) is 6.92. The Labute approximate surface area is 128 Å². The van der Waals surface area contributed by atoms with E-state index in [1.165, 1.54) is 25.7 Å². The first-order valence-corrected chi connectivity index (χ1v) is 8.68. The van der Waals surface area contributed by atoms with E-state index >= 15 is 0 Å². The van der Waals surface area contributed by atoms with Crippen molar-refractivity contribution in [2.24, 2.45) is 5.92 Å². The SMILES string of the molecule is CC(C)CCCCCCN1CCC(=O)N2CCCC2C1=O. The first-order chi connectivity index (χ1) is 10.1. The van der Waals surface area contributed by atoms with Crippen molar-refractivity contribution in [3.05, 3.63) is 0 Å². The monoisotopic (exact) mass is 294 g/mol. The molecule has 0 saturated carbocycles. The van der Waals surface area contributed by atoms with Crippen LogP contribution in [0.5, 0.6) is 0 Å². The average Bonchev–Trinajstić information content (AvgIpc) is 2.90. The molecular weight excluding hydrogens is 264 g/mol. The molecule has 2 heterocycles. The molecule has 120 valence electrons. The number of hydrogen-bond donors (Lipinski definition) is 0. The molecular formula is C17H30N2O2. The lowest BCUT2D eigenvalue weighted by molar-refractivity contribution is -0.139. The van der Waals surface area contributed by atoms with Gasteiger partial charge in [-0.3, -0.25) is 9.59 Å². The number of hydrogen-bond acceptors (Lipinski definition) is 2. The van der Waals surface area contributed by atoms with Crippen LogP contribution in [0.4, 0.5) is 0 Å². The topological polar surface area (TPSA) is 40.6 Å². The largest absolute Gasteiger partial charge is 0.340 e. The quantitative estimate of drug-likeness (QED) is 0.677. The smallest absolute Gasteiger partial charge is 0.245 e. The molecule has 0 aromatic heterocycles. The minimum Gasteiger partial charge on any atom is -0.340 e. The van der Waals surface area contributed by atoms with Crippen molar-refractivity contribution in [1.82, 2.24) is 9.80 Å². The standard InChI is InChI=1S/C17H30N2O2/c1-14(2)8-5-3-4-6-11-18-13-10-16(20)19-12-7-9-15(19)17(18)21/h14-15H,3-13H2,1-2H3. The molecule has 0 aliphatic carbocycles. The van der Waals surface area contributed by atoms with Crippen LogP contribution in [0.2, 0.25) is 0 Å². The van der Waals surface area contributed by atoms with Crippen molar-refractivity contribution in [3.8, 4) is 0 Å². The Kier molecular flexibility index (Phi) is 6.07. The molecule has 0 N–H and O–H groups in total. The third-order valence-corrected chi connectivity index (χ3v) is 4.72. The Morgan fingerprint density at radius 2 is 1.86 bits per heavy atom. The van der Waals surface area contributed by atoms with E-state index in [2.05, 4.69) is 13.8 Å². The van der Waals surface area contributed by atoms with Crippen LogP contribution in [0.25, 0.3) is 0 Å². The summed E-state index contributed by atoms with van der Waals surface area (Å²) in [4.78, 5) is 28.3. The van der Waals surface area contributed by atoms with Crippen molar-refractivity contribution in [1.29, 1.82) is 0 Å². The van der Waals surface area contributed by atoms with Gasteiger partial charge in [0.25, 0.3) is 0 Å². The third-order valence-electron chi connectivity index (χ3n) is 4.72. The molecule has 2 saturated heterocycles. The minimum atomic E-state index is -0.152. The Hall–Kier alpha value is -1.06. The summed E-state index contributed by atoms with van der Waals surface area (Å²) >= 11 is 0. The Bertz CT molecular complexity index is 368. The Balaban J connectivity index is 1.72. The number of carbonyl (C=O) groups excluding carboxylic acids is 2. The fourth-order valence-electron chi connectivity index (χ4n) is 3.45. The van der Waals surface area contributed by atoms with Gasteiger partial charge in [-0.15, -0.1) is 0 Å². The lowest BCUT2D eigenvalue weighted by atomic mass is 10.0. The second kappa shape index (κ2) is 7.81. The summed E-state index contributed by atoms with van der Waals surface area (Å²) in [6.07, 6.45) is 8.46. The summed E-state index contributed by atoms with van der Waals surface area (Å²) < 4.78 is 0. The molecule has 4 heteroatoms. The van der Waals surface area contributed by atoms with Gasteiger partial charge in [-0.1, -0.05) is 39.5 Å². The Morgan fingerprint density at radius 1 is 1.10 bits per heavy atom. The zero-order valence-corrected chi connectivity index (χ0v) is 13.6. The van der Waals surface area contributed by atoms with Gasteiger partial charge in [0.05, 0.1) is 0 Å². The van der Waals surface area contributed by atoms with Crippen molar-refractivity contribution in [3.63, 3.8) is 0 Å². The van der Waals surface area contributed by atoms with Crippen molar-refractivity contribution >= 4 is 11.8 Å². The van der Waals surface area contributed by atoms with Crippen LogP contribution in [0.3, 0.4) is 0 Å². The van der Waals surface area contributed by atoms with Crippen LogP contribution in [0, 0.1) is 5.92 Å². The van der Waals surface area contributed by atoms with Gasteiger partial charge in [0, 0.05) is 26.1 Å². The van der Waals surface area contributed by atoms with Crippen LogP contribution < -0.4 is 0 Å². The van der Waals surface area contributed by atoms with E-state index in [1.807, 2.05) is 9.80 Å². The number of fused-ring (bicyclic) bond motifs is 1. The molecule has 2 rings (SSSR count). The van der Waals surface area contributed by atoms with Crippen LogP contribution in [0.1, 0.15) is 65.2 Å². The molecule has 21 heavy (non-hydrogen) atoms.